The van der Waals surface area contributed by atoms with Gasteiger partial charge in [0.25, 0.3) is 5.91 Å². The number of anilines is 1. The summed E-state index contributed by atoms with van der Waals surface area (Å²) in [5, 5.41) is 3.07. The van der Waals surface area contributed by atoms with Crippen molar-refractivity contribution in [2.45, 2.75) is 46.3 Å². The van der Waals surface area contributed by atoms with E-state index in [4.69, 9.17) is 10.5 Å². The highest BCUT2D eigenvalue weighted by Gasteiger charge is 2.49. The van der Waals surface area contributed by atoms with Gasteiger partial charge in [0.05, 0.1) is 11.7 Å². The standard InChI is InChI=1S/C16H24N2O2/c1-5-20-14-9-13(16(14,3)4)18-15(19)11-7-6-10(2)8-12(11)17/h6-8,13-14H,5,9,17H2,1-4H3,(H,18,19). The van der Waals surface area contributed by atoms with E-state index in [1.165, 1.54) is 0 Å². The molecule has 1 amide bonds. The molecule has 1 aliphatic carbocycles. The first-order valence-electron chi connectivity index (χ1n) is 7.14. The molecule has 1 aromatic carbocycles. The molecule has 2 atom stereocenters. The molecule has 2 unspecified atom stereocenters. The van der Waals surface area contributed by atoms with Crippen LogP contribution in [0.5, 0.6) is 0 Å². The number of nitrogen functional groups attached to an aromatic ring is 1. The third kappa shape index (κ3) is 2.66. The average molecular weight is 276 g/mol. The van der Waals surface area contributed by atoms with Crippen molar-refractivity contribution in [3.8, 4) is 0 Å². The number of amides is 1. The van der Waals surface area contributed by atoms with Gasteiger partial charge in [-0.1, -0.05) is 19.9 Å². The molecule has 0 aromatic heterocycles. The van der Waals surface area contributed by atoms with Crippen LogP contribution in [0.15, 0.2) is 18.2 Å². The number of hydrogen-bond donors (Lipinski definition) is 2. The van der Waals surface area contributed by atoms with E-state index in [1.807, 2.05) is 26.0 Å². The monoisotopic (exact) mass is 276 g/mol. The second kappa shape index (κ2) is 5.44. The topological polar surface area (TPSA) is 64.3 Å². The summed E-state index contributed by atoms with van der Waals surface area (Å²) >= 11 is 0. The highest BCUT2D eigenvalue weighted by molar-refractivity contribution is 5.99. The Morgan fingerprint density at radius 3 is 2.75 bits per heavy atom. The van der Waals surface area contributed by atoms with Gasteiger partial charge in [0.1, 0.15) is 0 Å². The molecule has 4 heteroatoms. The van der Waals surface area contributed by atoms with Gasteiger partial charge >= 0.3 is 0 Å². The maximum absolute atomic E-state index is 12.3. The van der Waals surface area contributed by atoms with E-state index in [0.717, 1.165) is 12.0 Å². The van der Waals surface area contributed by atoms with E-state index >= 15 is 0 Å². The minimum atomic E-state index is -0.101. The third-order valence-electron chi connectivity index (χ3n) is 4.30. The molecule has 0 heterocycles. The summed E-state index contributed by atoms with van der Waals surface area (Å²) in [5.41, 5.74) is 8.01. The highest BCUT2D eigenvalue weighted by Crippen LogP contribution is 2.42. The molecule has 0 spiro atoms. The zero-order valence-corrected chi connectivity index (χ0v) is 12.7. The van der Waals surface area contributed by atoms with Crippen molar-refractivity contribution >= 4 is 11.6 Å². The molecule has 2 rings (SSSR count). The minimum absolute atomic E-state index is 0.0366. The van der Waals surface area contributed by atoms with Crippen LogP contribution in [0.2, 0.25) is 0 Å². The zero-order valence-electron chi connectivity index (χ0n) is 12.7. The fraction of sp³-hybridized carbons (Fsp3) is 0.562. The minimum Gasteiger partial charge on any atom is -0.398 e. The maximum Gasteiger partial charge on any atom is 0.253 e. The lowest BCUT2D eigenvalue weighted by Crippen LogP contribution is -2.62. The molecule has 0 bridgehead atoms. The number of rotatable bonds is 4. The Morgan fingerprint density at radius 1 is 1.50 bits per heavy atom. The molecule has 20 heavy (non-hydrogen) atoms. The van der Waals surface area contributed by atoms with Crippen LogP contribution in [-0.4, -0.2) is 24.7 Å². The lowest BCUT2D eigenvalue weighted by Gasteiger charge is -2.51. The molecular weight excluding hydrogens is 252 g/mol. The SMILES string of the molecule is CCOC1CC(NC(=O)c2ccc(C)cc2N)C1(C)C. The Labute approximate surface area is 120 Å². The largest absolute Gasteiger partial charge is 0.398 e. The molecule has 110 valence electrons. The van der Waals surface area contributed by atoms with E-state index < -0.39 is 0 Å². The third-order valence-corrected chi connectivity index (χ3v) is 4.30. The summed E-state index contributed by atoms with van der Waals surface area (Å²) in [7, 11) is 0. The maximum atomic E-state index is 12.3. The van der Waals surface area contributed by atoms with Crippen molar-refractivity contribution in [2.24, 2.45) is 5.41 Å². The number of carbonyl (C=O) groups is 1. The number of aryl methyl sites for hydroxylation is 1. The zero-order chi connectivity index (χ0) is 14.9. The van der Waals surface area contributed by atoms with E-state index in [-0.39, 0.29) is 23.5 Å². The first kappa shape index (κ1) is 14.9. The van der Waals surface area contributed by atoms with Crippen LogP contribution < -0.4 is 11.1 Å². The van der Waals surface area contributed by atoms with Gasteiger partial charge in [-0.25, -0.2) is 0 Å². The Balaban J connectivity index is 2.03. The van der Waals surface area contributed by atoms with Crippen molar-refractivity contribution < 1.29 is 9.53 Å². The summed E-state index contributed by atoms with van der Waals surface area (Å²) in [6, 6.07) is 5.64. The summed E-state index contributed by atoms with van der Waals surface area (Å²) in [6.07, 6.45) is 1.08. The van der Waals surface area contributed by atoms with Crippen LogP contribution >= 0.6 is 0 Å². The van der Waals surface area contributed by atoms with Crippen molar-refractivity contribution in [1.82, 2.24) is 5.32 Å². The first-order valence-corrected chi connectivity index (χ1v) is 7.14. The number of nitrogens with two attached hydrogens (primary N) is 1. The van der Waals surface area contributed by atoms with Crippen molar-refractivity contribution in [2.75, 3.05) is 12.3 Å². The molecule has 1 aliphatic rings. The van der Waals surface area contributed by atoms with Crippen LogP contribution in [0, 0.1) is 12.3 Å². The van der Waals surface area contributed by atoms with E-state index in [0.29, 0.717) is 17.9 Å². The lowest BCUT2D eigenvalue weighted by molar-refractivity contribution is -0.111. The van der Waals surface area contributed by atoms with Gasteiger partial charge in [-0.2, -0.15) is 0 Å². The van der Waals surface area contributed by atoms with Crippen LogP contribution in [0.25, 0.3) is 0 Å². The average Bonchev–Trinajstić information content (AvgIpc) is 2.37. The van der Waals surface area contributed by atoms with Gasteiger partial charge in [-0.15, -0.1) is 0 Å². The summed E-state index contributed by atoms with van der Waals surface area (Å²) in [4.78, 5) is 12.3. The lowest BCUT2D eigenvalue weighted by atomic mass is 9.64. The predicted octanol–water partition coefficient (Wildman–Crippen LogP) is 2.51. The van der Waals surface area contributed by atoms with Crippen molar-refractivity contribution in [3.05, 3.63) is 29.3 Å². The Morgan fingerprint density at radius 2 is 2.20 bits per heavy atom. The highest BCUT2D eigenvalue weighted by atomic mass is 16.5. The molecule has 0 radical (unpaired) electrons. The second-order valence-corrected chi connectivity index (χ2v) is 6.12. The van der Waals surface area contributed by atoms with Gasteiger partial charge in [0.15, 0.2) is 0 Å². The molecule has 4 nitrogen and oxygen atoms in total. The number of nitrogens with one attached hydrogen (secondary N) is 1. The van der Waals surface area contributed by atoms with Gasteiger partial charge in [-0.3, -0.25) is 4.79 Å². The Kier molecular flexibility index (Phi) is 4.04. The Hall–Kier alpha value is -1.55. The molecule has 1 fully saturated rings. The first-order chi connectivity index (χ1) is 9.36. The van der Waals surface area contributed by atoms with Crippen LogP contribution in [0.4, 0.5) is 5.69 Å². The van der Waals surface area contributed by atoms with Gasteiger partial charge < -0.3 is 15.8 Å². The predicted molar refractivity (Wildman–Crippen MR) is 80.7 cm³/mol. The van der Waals surface area contributed by atoms with Gasteiger partial charge in [0.2, 0.25) is 0 Å². The second-order valence-electron chi connectivity index (χ2n) is 6.12. The number of ether oxygens (including phenoxy) is 1. The number of carbonyl (C=O) groups excluding carboxylic acids is 1. The normalized spacial score (nSPS) is 24.0. The summed E-state index contributed by atoms with van der Waals surface area (Å²) < 4.78 is 5.67. The Bertz CT molecular complexity index is 511. The van der Waals surface area contributed by atoms with Gasteiger partial charge in [0, 0.05) is 23.8 Å². The molecule has 0 aliphatic heterocycles. The van der Waals surface area contributed by atoms with Crippen molar-refractivity contribution in [3.63, 3.8) is 0 Å². The summed E-state index contributed by atoms with van der Waals surface area (Å²) in [6.45, 7) is 8.91. The fourth-order valence-electron chi connectivity index (χ4n) is 2.74. The molecular formula is C16H24N2O2. The smallest absolute Gasteiger partial charge is 0.253 e. The summed E-state index contributed by atoms with van der Waals surface area (Å²) in [5.74, 6) is -0.101. The molecule has 3 N–H and O–H groups in total. The molecule has 1 saturated carbocycles. The van der Waals surface area contributed by atoms with Crippen molar-refractivity contribution in [1.29, 1.82) is 0 Å². The van der Waals surface area contributed by atoms with Gasteiger partial charge in [-0.05, 0) is 38.0 Å². The number of hydrogen-bond acceptors (Lipinski definition) is 3. The van der Waals surface area contributed by atoms with E-state index in [9.17, 15) is 4.79 Å². The van der Waals surface area contributed by atoms with Crippen LogP contribution in [0.1, 0.15) is 43.1 Å². The number of benzene rings is 1. The quantitative estimate of drug-likeness (QED) is 0.831. The van der Waals surface area contributed by atoms with E-state index in [2.05, 4.69) is 19.2 Å². The fourth-order valence-corrected chi connectivity index (χ4v) is 2.74. The van der Waals surface area contributed by atoms with Crippen LogP contribution in [0.3, 0.4) is 0 Å². The van der Waals surface area contributed by atoms with E-state index in [1.54, 1.807) is 6.07 Å². The van der Waals surface area contributed by atoms with Crippen LogP contribution in [-0.2, 0) is 4.74 Å². The molecule has 0 saturated heterocycles. The molecule has 1 aromatic rings.